The van der Waals surface area contributed by atoms with Gasteiger partial charge in [0.2, 0.25) is 0 Å². The highest BCUT2D eigenvalue weighted by atomic mass is 35.5. The molecule has 0 atom stereocenters. The predicted molar refractivity (Wildman–Crippen MR) is 98.5 cm³/mol. The maximum absolute atomic E-state index is 13.0. The first-order chi connectivity index (χ1) is 13.7. The number of nitrogens with one attached hydrogen (secondary N) is 1. The highest BCUT2D eigenvalue weighted by Gasteiger charge is 2.34. The zero-order chi connectivity index (χ0) is 21.0. The van der Waals surface area contributed by atoms with Crippen LogP contribution in [0.5, 0.6) is 0 Å². The largest absolute Gasteiger partial charge is 0.451 e. The summed E-state index contributed by atoms with van der Waals surface area (Å²) in [4.78, 5) is 35.9. The number of aromatic nitrogens is 3. The summed E-state index contributed by atoms with van der Waals surface area (Å²) >= 11 is 6.68. The summed E-state index contributed by atoms with van der Waals surface area (Å²) in [5.41, 5.74) is -1.69. The second-order valence-corrected chi connectivity index (χ2v) is 6.72. The van der Waals surface area contributed by atoms with Crippen molar-refractivity contribution in [1.29, 1.82) is 0 Å². The minimum Gasteiger partial charge on any atom is -0.451 e. The fraction of sp³-hybridized carbons (Fsp3) is 0.118. The normalized spacial score (nSPS) is 11.2. The molecule has 1 aromatic carbocycles. The van der Waals surface area contributed by atoms with Crippen molar-refractivity contribution in [2.24, 2.45) is 0 Å². The Kier molecular flexibility index (Phi) is 6.09. The predicted octanol–water partition coefficient (Wildman–Crippen LogP) is 4.07. The SMILES string of the molecule is O=C(COC(=O)c1csc(-c2ncccn2)n1)Nc1ccc(Cl)cc1C(F)(F)F. The molecule has 12 heteroatoms. The maximum Gasteiger partial charge on any atom is 0.418 e. The number of amides is 1. The minimum absolute atomic E-state index is 0.0762. The molecule has 0 saturated heterocycles. The van der Waals surface area contributed by atoms with Crippen molar-refractivity contribution in [1.82, 2.24) is 15.0 Å². The lowest BCUT2D eigenvalue weighted by atomic mass is 10.1. The molecule has 150 valence electrons. The van der Waals surface area contributed by atoms with Gasteiger partial charge in [-0.15, -0.1) is 11.3 Å². The molecule has 3 rings (SSSR count). The summed E-state index contributed by atoms with van der Waals surface area (Å²) < 4.78 is 43.9. The van der Waals surface area contributed by atoms with Crippen molar-refractivity contribution in [2.75, 3.05) is 11.9 Å². The number of ether oxygens (including phenoxy) is 1. The van der Waals surface area contributed by atoms with Crippen molar-refractivity contribution < 1.29 is 27.5 Å². The second-order valence-electron chi connectivity index (χ2n) is 5.42. The first kappa shape index (κ1) is 20.7. The second kappa shape index (κ2) is 8.53. The van der Waals surface area contributed by atoms with Crippen molar-refractivity contribution in [3.05, 3.63) is 58.3 Å². The van der Waals surface area contributed by atoms with Gasteiger partial charge in [0.05, 0.1) is 11.3 Å². The summed E-state index contributed by atoms with van der Waals surface area (Å²) in [6.07, 6.45) is -1.70. The van der Waals surface area contributed by atoms with Crippen LogP contribution in [0.3, 0.4) is 0 Å². The van der Waals surface area contributed by atoms with Gasteiger partial charge in [-0.25, -0.2) is 19.7 Å². The smallest absolute Gasteiger partial charge is 0.418 e. The third-order valence-electron chi connectivity index (χ3n) is 3.37. The van der Waals surface area contributed by atoms with Crippen LogP contribution >= 0.6 is 22.9 Å². The van der Waals surface area contributed by atoms with Crippen LogP contribution in [0.25, 0.3) is 10.8 Å². The van der Waals surface area contributed by atoms with E-state index < -0.39 is 35.9 Å². The zero-order valence-electron chi connectivity index (χ0n) is 14.2. The topological polar surface area (TPSA) is 94.1 Å². The van der Waals surface area contributed by atoms with Gasteiger partial charge in [0.1, 0.15) is 0 Å². The monoisotopic (exact) mass is 442 g/mol. The van der Waals surface area contributed by atoms with Gasteiger partial charge < -0.3 is 10.1 Å². The number of halogens is 4. The summed E-state index contributed by atoms with van der Waals surface area (Å²) in [6, 6.07) is 4.51. The van der Waals surface area contributed by atoms with Crippen LogP contribution in [-0.2, 0) is 15.7 Å². The van der Waals surface area contributed by atoms with E-state index in [0.29, 0.717) is 16.9 Å². The molecule has 2 heterocycles. The van der Waals surface area contributed by atoms with E-state index in [1.807, 2.05) is 5.32 Å². The lowest BCUT2D eigenvalue weighted by molar-refractivity contribution is -0.137. The van der Waals surface area contributed by atoms with E-state index in [1.54, 1.807) is 6.07 Å². The summed E-state index contributed by atoms with van der Waals surface area (Å²) in [6.45, 7) is -0.798. The minimum atomic E-state index is -4.72. The Hall–Kier alpha value is -3.05. The van der Waals surface area contributed by atoms with E-state index >= 15 is 0 Å². The van der Waals surface area contributed by atoms with Gasteiger partial charge in [-0.1, -0.05) is 11.6 Å². The summed E-state index contributed by atoms with van der Waals surface area (Å²) in [5.74, 6) is -1.55. The number of hydrogen-bond donors (Lipinski definition) is 1. The third kappa shape index (κ3) is 5.27. The van der Waals surface area contributed by atoms with E-state index in [1.165, 1.54) is 23.8 Å². The molecule has 0 unspecified atom stereocenters. The summed E-state index contributed by atoms with van der Waals surface area (Å²) in [7, 11) is 0. The number of esters is 1. The van der Waals surface area contributed by atoms with Gasteiger partial charge in [-0.3, -0.25) is 4.79 Å². The molecule has 0 fully saturated rings. The molecule has 0 radical (unpaired) electrons. The van der Waals surface area contributed by atoms with Gasteiger partial charge in [-0.05, 0) is 24.3 Å². The number of carbonyl (C=O) groups excluding carboxylic acids is 2. The van der Waals surface area contributed by atoms with E-state index in [0.717, 1.165) is 17.4 Å². The fourth-order valence-corrected chi connectivity index (χ4v) is 3.04. The van der Waals surface area contributed by atoms with E-state index in [9.17, 15) is 22.8 Å². The molecule has 1 N–H and O–H groups in total. The Balaban J connectivity index is 1.62. The molecule has 0 saturated carbocycles. The molecular formula is C17H10ClF3N4O3S. The van der Waals surface area contributed by atoms with Gasteiger partial charge >= 0.3 is 12.1 Å². The molecule has 0 aliphatic carbocycles. The van der Waals surface area contributed by atoms with Crippen molar-refractivity contribution in [3.63, 3.8) is 0 Å². The van der Waals surface area contributed by atoms with Gasteiger partial charge in [-0.2, -0.15) is 13.2 Å². The Labute approximate surface area is 170 Å². The average Bonchev–Trinajstić information content (AvgIpc) is 3.18. The highest BCUT2D eigenvalue weighted by molar-refractivity contribution is 7.13. The van der Waals surface area contributed by atoms with Crippen LogP contribution in [0.4, 0.5) is 18.9 Å². The standard InChI is InChI=1S/C17H10ClF3N4O3S/c18-9-2-3-11(10(6-9)17(19,20)21)24-13(26)7-28-16(27)12-8-29-15(25-12)14-22-4-1-5-23-14/h1-6,8H,7H2,(H,24,26). The first-order valence-electron chi connectivity index (χ1n) is 7.80. The molecule has 29 heavy (non-hydrogen) atoms. The van der Waals surface area contributed by atoms with E-state index in [-0.39, 0.29) is 10.7 Å². The lowest BCUT2D eigenvalue weighted by Gasteiger charge is -2.14. The number of hydrogen-bond acceptors (Lipinski definition) is 7. The molecule has 3 aromatic rings. The number of nitrogens with zero attached hydrogens (tertiary/aromatic N) is 3. The fourth-order valence-electron chi connectivity index (χ4n) is 2.13. The van der Waals surface area contributed by atoms with E-state index in [2.05, 4.69) is 15.0 Å². The van der Waals surface area contributed by atoms with Gasteiger partial charge in [0.15, 0.2) is 23.1 Å². The average molecular weight is 443 g/mol. The number of carbonyl (C=O) groups is 2. The lowest BCUT2D eigenvalue weighted by Crippen LogP contribution is -2.23. The maximum atomic E-state index is 13.0. The number of benzene rings is 1. The van der Waals surface area contributed by atoms with E-state index in [4.69, 9.17) is 16.3 Å². The van der Waals surface area contributed by atoms with Crippen LogP contribution in [0.15, 0.2) is 42.0 Å². The molecule has 1 amide bonds. The van der Waals surface area contributed by atoms with Gasteiger partial charge in [0, 0.05) is 22.8 Å². The number of thiazole rings is 1. The van der Waals surface area contributed by atoms with Crippen LogP contribution in [0.1, 0.15) is 16.1 Å². The Bertz CT molecular complexity index is 1040. The Morgan fingerprint density at radius 3 is 2.62 bits per heavy atom. The Morgan fingerprint density at radius 1 is 1.21 bits per heavy atom. The molecule has 7 nitrogen and oxygen atoms in total. The molecule has 0 bridgehead atoms. The van der Waals surface area contributed by atoms with Crippen LogP contribution in [-0.4, -0.2) is 33.4 Å². The third-order valence-corrected chi connectivity index (χ3v) is 4.44. The first-order valence-corrected chi connectivity index (χ1v) is 9.06. The number of rotatable bonds is 5. The quantitative estimate of drug-likeness (QED) is 0.599. The Morgan fingerprint density at radius 2 is 1.93 bits per heavy atom. The van der Waals surface area contributed by atoms with Crippen molar-refractivity contribution in [3.8, 4) is 10.8 Å². The molecular weight excluding hydrogens is 433 g/mol. The molecule has 0 aliphatic rings. The zero-order valence-corrected chi connectivity index (χ0v) is 15.8. The number of anilines is 1. The van der Waals surface area contributed by atoms with Crippen molar-refractivity contribution >= 4 is 40.5 Å². The summed E-state index contributed by atoms with van der Waals surface area (Å²) in [5, 5.41) is 3.68. The van der Waals surface area contributed by atoms with Gasteiger partial charge in [0.25, 0.3) is 5.91 Å². The van der Waals surface area contributed by atoms with Crippen LogP contribution < -0.4 is 5.32 Å². The molecule has 0 spiro atoms. The molecule has 0 aliphatic heterocycles. The van der Waals surface area contributed by atoms with Crippen LogP contribution in [0, 0.1) is 0 Å². The van der Waals surface area contributed by atoms with Crippen molar-refractivity contribution in [2.45, 2.75) is 6.18 Å². The number of alkyl halides is 3. The molecule has 2 aromatic heterocycles. The highest BCUT2D eigenvalue weighted by Crippen LogP contribution is 2.36. The van der Waals surface area contributed by atoms with Crippen LogP contribution in [0.2, 0.25) is 5.02 Å².